The second-order valence-electron chi connectivity index (χ2n) is 7.78. The Morgan fingerprint density at radius 1 is 0.900 bits per heavy atom. The number of fused-ring (bicyclic) bond motifs is 1. The van der Waals surface area contributed by atoms with Crippen molar-refractivity contribution in [3.8, 4) is 0 Å². The highest BCUT2D eigenvalue weighted by molar-refractivity contribution is 6.07. The van der Waals surface area contributed by atoms with Crippen LogP contribution in [0.1, 0.15) is 12.8 Å². The van der Waals surface area contributed by atoms with E-state index in [0.717, 1.165) is 10.6 Å². The lowest BCUT2D eigenvalue weighted by Crippen LogP contribution is -2.50. The van der Waals surface area contributed by atoms with Gasteiger partial charge in [0.2, 0.25) is 11.8 Å². The van der Waals surface area contributed by atoms with Crippen molar-refractivity contribution in [1.82, 2.24) is 9.80 Å². The molecule has 4 rings (SSSR count). The molecule has 158 valence electrons. The van der Waals surface area contributed by atoms with Gasteiger partial charge in [-0.3, -0.25) is 24.1 Å². The van der Waals surface area contributed by atoms with Gasteiger partial charge in [0.25, 0.3) is 5.91 Å². The van der Waals surface area contributed by atoms with Gasteiger partial charge < -0.3 is 14.5 Å². The fraction of sp³-hybridized carbons (Fsp3) is 0.455. The van der Waals surface area contributed by atoms with E-state index in [1.165, 1.54) is 0 Å². The maximum atomic E-state index is 12.4. The van der Waals surface area contributed by atoms with Crippen LogP contribution in [0.2, 0.25) is 0 Å². The molecule has 0 radical (unpaired) electrons. The topological polar surface area (TPSA) is 87.2 Å². The van der Waals surface area contributed by atoms with Gasteiger partial charge in [-0.1, -0.05) is 30.4 Å². The highest BCUT2D eigenvalue weighted by atomic mass is 16.5. The number of para-hydroxylation sites is 1. The van der Waals surface area contributed by atoms with Gasteiger partial charge in [-0.15, -0.1) is 0 Å². The molecule has 2 heterocycles. The van der Waals surface area contributed by atoms with Crippen LogP contribution in [0.3, 0.4) is 0 Å². The van der Waals surface area contributed by atoms with E-state index in [2.05, 4.69) is 4.90 Å². The zero-order chi connectivity index (χ0) is 21.1. The largest absolute Gasteiger partial charge is 0.454 e. The highest BCUT2D eigenvalue weighted by Gasteiger charge is 2.47. The van der Waals surface area contributed by atoms with Gasteiger partial charge in [-0.2, -0.15) is 0 Å². The Bertz CT molecular complexity index is 835. The average Bonchev–Trinajstić information content (AvgIpc) is 3.03. The molecule has 1 aliphatic carbocycles. The molecule has 8 nitrogen and oxygen atoms in total. The Morgan fingerprint density at radius 2 is 1.50 bits per heavy atom. The molecule has 30 heavy (non-hydrogen) atoms. The van der Waals surface area contributed by atoms with Gasteiger partial charge in [0.15, 0.2) is 6.61 Å². The molecule has 2 aliphatic heterocycles. The van der Waals surface area contributed by atoms with Crippen LogP contribution in [-0.4, -0.2) is 72.8 Å². The zero-order valence-corrected chi connectivity index (χ0v) is 16.7. The number of imide groups is 1. The Hall–Kier alpha value is -3.16. The van der Waals surface area contributed by atoms with E-state index in [-0.39, 0.29) is 36.2 Å². The number of carbonyl (C=O) groups is 4. The molecule has 2 atom stereocenters. The average molecular weight is 411 g/mol. The fourth-order valence-electron chi connectivity index (χ4n) is 4.29. The van der Waals surface area contributed by atoms with E-state index in [4.69, 9.17) is 4.74 Å². The van der Waals surface area contributed by atoms with Crippen molar-refractivity contribution in [1.29, 1.82) is 0 Å². The lowest BCUT2D eigenvalue weighted by Gasteiger charge is -2.36. The number of amides is 3. The minimum atomic E-state index is -0.737. The molecule has 0 N–H and O–H groups in total. The molecule has 2 fully saturated rings. The summed E-state index contributed by atoms with van der Waals surface area (Å²) in [4.78, 5) is 54.2. The molecule has 0 saturated carbocycles. The molecule has 0 bridgehead atoms. The third-order valence-electron chi connectivity index (χ3n) is 6.00. The molecule has 3 amide bonds. The predicted octanol–water partition coefficient (Wildman–Crippen LogP) is 0.830. The number of hydrogen-bond donors (Lipinski definition) is 0. The molecule has 1 aromatic rings. The smallest absolute Gasteiger partial charge is 0.326 e. The molecular formula is C22H25N3O5. The molecule has 0 spiro atoms. The number of allylic oxidation sites excluding steroid dienone is 2. The van der Waals surface area contributed by atoms with Crippen LogP contribution in [0, 0.1) is 11.8 Å². The predicted molar refractivity (Wildman–Crippen MR) is 108 cm³/mol. The number of esters is 1. The van der Waals surface area contributed by atoms with Gasteiger partial charge in [0.05, 0.1) is 11.8 Å². The third kappa shape index (κ3) is 4.08. The van der Waals surface area contributed by atoms with Crippen molar-refractivity contribution in [3.63, 3.8) is 0 Å². The SMILES string of the molecule is O=C(CN1C(=O)[C@H]2CC=CC[C@H]2C1=O)OCC(=O)N1CCN(c2ccccc2)CC1. The third-order valence-corrected chi connectivity index (χ3v) is 6.00. The van der Waals surface area contributed by atoms with Crippen LogP contribution >= 0.6 is 0 Å². The normalized spacial score (nSPS) is 23.5. The Balaban J connectivity index is 1.22. The van der Waals surface area contributed by atoms with Crippen LogP contribution in [0.15, 0.2) is 42.5 Å². The van der Waals surface area contributed by atoms with Crippen LogP contribution in [-0.2, 0) is 23.9 Å². The quantitative estimate of drug-likeness (QED) is 0.405. The van der Waals surface area contributed by atoms with Crippen molar-refractivity contribution in [2.75, 3.05) is 44.2 Å². The maximum Gasteiger partial charge on any atom is 0.326 e. The van der Waals surface area contributed by atoms with Gasteiger partial charge in [0, 0.05) is 31.9 Å². The van der Waals surface area contributed by atoms with Gasteiger partial charge >= 0.3 is 5.97 Å². The minimum absolute atomic E-state index is 0.270. The lowest BCUT2D eigenvalue weighted by molar-refractivity contribution is -0.156. The maximum absolute atomic E-state index is 12.4. The Morgan fingerprint density at radius 3 is 2.10 bits per heavy atom. The van der Waals surface area contributed by atoms with Crippen molar-refractivity contribution in [2.45, 2.75) is 12.8 Å². The van der Waals surface area contributed by atoms with Gasteiger partial charge in [-0.05, 0) is 25.0 Å². The number of ether oxygens (including phenoxy) is 1. The lowest BCUT2D eigenvalue weighted by atomic mass is 9.85. The van der Waals surface area contributed by atoms with Gasteiger partial charge in [0.1, 0.15) is 6.54 Å². The number of carbonyl (C=O) groups excluding carboxylic acids is 4. The summed E-state index contributed by atoms with van der Waals surface area (Å²) in [5.74, 6) is -2.41. The summed E-state index contributed by atoms with van der Waals surface area (Å²) in [5, 5.41) is 0. The summed E-state index contributed by atoms with van der Waals surface area (Å²) >= 11 is 0. The summed E-state index contributed by atoms with van der Waals surface area (Å²) in [6.45, 7) is 1.69. The van der Waals surface area contributed by atoms with Crippen LogP contribution in [0.5, 0.6) is 0 Å². The fourth-order valence-corrected chi connectivity index (χ4v) is 4.29. The van der Waals surface area contributed by atoms with E-state index < -0.39 is 12.5 Å². The first-order chi connectivity index (χ1) is 14.5. The highest BCUT2D eigenvalue weighted by Crippen LogP contribution is 2.34. The Labute approximate surface area is 175 Å². The van der Waals surface area contributed by atoms with Crippen LogP contribution in [0.4, 0.5) is 5.69 Å². The standard InChI is InChI=1S/C22H25N3O5/c26-19(24-12-10-23(11-13-24)16-6-2-1-3-7-16)15-30-20(27)14-25-21(28)17-8-4-5-9-18(17)22(25)29/h1-7,17-18H,8-15H2/t17-,18+. The number of rotatable bonds is 5. The number of anilines is 1. The van der Waals surface area contributed by atoms with Crippen molar-refractivity contribution in [2.24, 2.45) is 11.8 Å². The van der Waals surface area contributed by atoms with Crippen molar-refractivity contribution < 1.29 is 23.9 Å². The molecule has 1 aromatic carbocycles. The number of piperazine rings is 1. The summed E-state index contributed by atoms with van der Waals surface area (Å²) in [6.07, 6.45) is 4.83. The first-order valence-corrected chi connectivity index (χ1v) is 10.3. The number of likely N-dealkylation sites (tertiary alicyclic amines) is 1. The van der Waals surface area contributed by atoms with E-state index in [1.54, 1.807) is 4.90 Å². The van der Waals surface area contributed by atoms with Crippen molar-refractivity contribution >= 4 is 29.4 Å². The number of nitrogens with zero attached hydrogens (tertiary/aromatic N) is 3. The van der Waals surface area contributed by atoms with E-state index >= 15 is 0 Å². The monoisotopic (exact) mass is 411 g/mol. The molecule has 0 unspecified atom stereocenters. The number of benzene rings is 1. The first kappa shape index (κ1) is 20.1. The summed E-state index contributed by atoms with van der Waals surface area (Å²) < 4.78 is 5.08. The van der Waals surface area contributed by atoms with E-state index in [9.17, 15) is 19.2 Å². The van der Waals surface area contributed by atoms with Crippen LogP contribution in [0.25, 0.3) is 0 Å². The molecule has 0 aromatic heterocycles. The van der Waals surface area contributed by atoms with Crippen molar-refractivity contribution in [3.05, 3.63) is 42.5 Å². The first-order valence-electron chi connectivity index (χ1n) is 10.3. The second kappa shape index (κ2) is 8.69. The molecular weight excluding hydrogens is 386 g/mol. The van der Waals surface area contributed by atoms with E-state index in [1.807, 2.05) is 42.5 Å². The Kier molecular flexibility index (Phi) is 5.83. The zero-order valence-electron chi connectivity index (χ0n) is 16.7. The molecule has 8 heteroatoms. The second-order valence-corrected chi connectivity index (χ2v) is 7.78. The minimum Gasteiger partial charge on any atom is -0.454 e. The summed E-state index contributed by atoms with van der Waals surface area (Å²) in [7, 11) is 0. The van der Waals surface area contributed by atoms with Gasteiger partial charge in [-0.25, -0.2) is 0 Å². The number of hydrogen-bond acceptors (Lipinski definition) is 6. The van der Waals surface area contributed by atoms with E-state index in [0.29, 0.717) is 39.0 Å². The molecule has 3 aliphatic rings. The summed E-state index contributed by atoms with van der Waals surface area (Å²) in [5.41, 5.74) is 1.12. The molecule has 2 saturated heterocycles. The van der Waals surface area contributed by atoms with Crippen LogP contribution < -0.4 is 4.90 Å². The summed E-state index contributed by atoms with van der Waals surface area (Å²) in [6, 6.07) is 9.99.